The third-order valence-electron chi connectivity index (χ3n) is 4.88. The summed E-state index contributed by atoms with van der Waals surface area (Å²) in [5.74, 6) is 0.522. The first kappa shape index (κ1) is 22.7. The van der Waals surface area contributed by atoms with Crippen LogP contribution in [-0.2, 0) is 11.2 Å². The van der Waals surface area contributed by atoms with Gasteiger partial charge >= 0.3 is 0 Å². The quantitative estimate of drug-likeness (QED) is 0.416. The van der Waals surface area contributed by atoms with Crippen molar-refractivity contribution in [2.24, 2.45) is 0 Å². The molecule has 0 aromatic heterocycles. The van der Waals surface area contributed by atoms with Gasteiger partial charge in [-0.25, -0.2) is 0 Å². The number of hydrazine groups is 1. The van der Waals surface area contributed by atoms with Crippen LogP contribution < -0.4 is 25.1 Å². The van der Waals surface area contributed by atoms with E-state index < -0.39 is 17.9 Å². The van der Waals surface area contributed by atoms with Crippen molar-refractivity contribution in [1.29, 1.82) is 0 Å². The standard InChI is InChI=1S/C25H26N2O5/c1-5-8-19-13-20(15-22(30-3)23(19)31-4)25(29)27-26-24(28)16(2)32-21-12-11-17-9-6-7-10-18(17)14-21/h5-7,9-16H,1,8H2,2-4H3,(H,26,28)(H,27,29). The summed E-state index contributed by atoms with van der Waals surface area (Å²) in [7, 11) is 3.02. The van der Waals surface area contributed by atoms with Crippen molar-refractivity contribution in [2.45, 2.75) is 19.4 Å². The summed E-state index contributed by atoms with van der Waals surface area (Å²) in [5, 5.41) is 2.09. The summed E-state index contributed by atoms with van der Waals surface area (Å²) < 4.78 is 16.4. The van der Waals surface area contributed by atoms with Crippen LogP contribution in [0.5, 0.6) is 17.2 Å². The van der Waals surface area contributed by atoms with Crippen LogP contribution in [0.15, 0.2) is 67.3 Å². The first-order valence-electron chi connectivity index (χ1n) is 10.1. The zero-order valence-electron chi connectivity index (χ0n) is 18.3. The number of benzene rings is 3. The van der Waals surface area contributed by atoms with Crippen LogP contribution in [0.25, 0.3) is 10.8 Å². The maximum Gasteiger partial charge on any atom is 0.279 e. The average Bonchev–Trinajstić information content (AvgIpc) is 2.81. The molecule has 0 saturated heterocycles. The van der Waals surface area contributed by atoms with Crippen molar-refractivity contribution in [2.75, 3.05) is 14.2 Å². The summed E-state index contributed by atoms with van der Waals surface area (Å²) in [6.45, 7) is 5.33. The lowest BCUT2D eigenvalue weighted by atomic mass is 10.1. The number of methoxy groups -OCH3 is 2. The molecule has 3 rings (SSSR count). The van der Waals surface area contributed by atoms with Gasteiger partial charge in [0.1, 0.15) is 5.75 Å². The Kier molecular flexibility index (Phi) is 7.33. The van der Waals surface area contributed by atoms with Crippen LogP contribution in [0.1, 0.15) is 22.8 Å². The van der Waals surface area contributed by atoms with Gasteiger partial charge in [-0.15, -0.1) is 6.58 Å². The zero-order valence-corrected chi connectivity index (χ0v) is 18.3. The average molecular weight is 434 g/mol. The molecule has 3 aromatic rings. The molecule has 2 amide bonds. The third-order valence-corrected chi connectivity index (χ3v) is 4.88. The van der Waals surface area contributed by atoms with Gasteiger partial charge in [-0.3, -0.25) is 20.4 Å². The van der Waals surface area contributed by atoms with E-state index in [0.717, 1.165) is 16.3 Å². The fourth-order valence-corrected chi connectivity index (χ4v) is 3.27. The lowest BCUT2D eigenvalue weighted by Crippen LogP contribution is -2.47. The van der Waals surface area contributed by atoms with Gasteiger partial charge in [-0.1, -0.05) is 36.4 Å². The maximum atomic E-state index is 12.6. The highest BCUT2D eigenvalue weighted by Gasteiger charge is 2.19. The molecule has 0 fully saturated rings. The van der Waals surface area contributed by atoms with Crippen LogP contribution >= 0.6 is 0 Å². The summed E-state index contributed by atoms with van der Waals surface area (Å²) in [6.07, 6.45) is 1.37. The van der Waals surface area contributed by atoms with Crippen molar-refractivity contribution in [3.63, 3.8) is 0 Å². The van der Waals surface area contributed by atoms with Crippen LogP contribution in [0, 0.1) is 0 Å². The normalized spacial score (nSPS) is 11.3. The molecule has 7 nitrogen and oxygen atoms in total. The van der Waals surface area contributed by atoms with E-state index in [9.17, 15) is 9.59 Å². The molecule has 1 unspecified atom stereocenters. The number of ether oxygens (including phenoxy) is 3. The monoisotopic (exact) mass is 434 g/mol. The molecule has 0 spiro atoms. The van der Waals surface area contributed by atoms with Crippen LogP contribution in [-0.4, -0.2) is 32.1 Å². The van der Waals surface area contributed by atoms with Gasteiger partial charge in [-0.2, -0.15) is 0 Å². The van der Waals surface area contributed by atoms with Crippen molar-refractivity contribution < 1.29 is 23.8 Å². The Morgan fingerprint density at radius 2 is 1.75 bits per heavy atom. The number of nitrogens with one attached hydrogen (secondary N) is 2. The first-order chi connectivity index (χ1) is 15.5. The topological polar surface area (TPSA) is 85.9 Å². The second-order valence-electron chi connectivity index (χ2n) is 7.08. The van der Waals surface area contributed by atoms with E-state index in [4.69, 9.17) is 14.2 Å². The van der Waals surface area contributed by atoms with Gasteiger partial charge < -0.3 is 14.2 Å². The van der Waals surface area contributed by atoms with E-state index >= 15 is 0 Å². The fraction of sp³-hybridized carbons (Fsp3) is 0.200. The Bertz CT molecular complexity index is 1140. The molecular formula is C25H26N2O5. The number of amides is 2. The minimum Gasteiger partial charge on any atom is -0.493 e. The Morgan fingerprint density at radius 3 is 2.44 bits per heavy atom. The Labute approximate surface area is 186 Å². The number of allylic oxidation sites excluding steroid dienone is 1. The highest BCUT2D eigenvalue weighted by Crippen LogP contribution is 2.33. The molecule has 0 aliphatic carbocycles. The molecule has 0 radical (unpaired) electrons. The Morgan fingerprint density at radius 1 is 1.00 bits per heavy atom. The largest absolute Gasteiger partial charge is 0.493 e. The predicted octanol–water partition coefficient (Wildman–Crippen LogP) is 3.81. The minimum absolute atomic E-state index is 0.308. The molecule has 166 valence electrons. The van der Waals surface area contributed by atoms with Gasteiger partial charge in [-0.05, 0) is 48.4 Å². The van der Waals surface area contributed by atoms with Gasteiger partial charge in [0.25, 0.3) is 11.8 Å². The van der Waals surface area contributed by atoms with Crippen molar-refractivity contribution in [3.05, 3.63) is 78.4 Å². The SMILES string of the molecule is C=CCc1cc(C(=O)NNC(=O)C(C)Oc2ccc3ccccc3c2)cc(OC)c1OC. The molecule has 2 N–H and O–H groups in total. The molecule has 7 heteroatoms. The number of fused-ring (bicyclic) bond motifs is 1. The van der Waals surface area contributed by atoms with Crippen LogP contribution in [0.3, 0.4) is 0 Å². The van der Waals surface area contributed by atoms with Gasteiger partial charge in [0.15, 0.2) is 17.6 Å². The van der Waals surface area contributed by atoms with Gasteiger partial charge in [0, 0.05) is 11.1 Å². The lowest BCUT2D eigenvalue weighted by Gasteiger charge is -2.17. The number of hydrogen-bond donors (Lipinski definition) is 2. The molecule has 0 saturated carbocycles. The molecule has 1 atom stereocenters. The highest BCUT2D eigenvalue weighted by molar-refractivity contribution is 5.96. The number of rotatable bonds is 8. The number of carbonyl (C=O) groups is 2. The van der Waals surface area contributed by atoms with E-state index in [2.05, 4.69) is 17.4 Å². The van der Waals surface area contributed by atoms with Gasteiger partial charge in [0.2, 0.25) is 0 Å². The van der Waals surface area contributed by atoms with Gasteiger partial charge in [0.05, 0.1) is 14.2 Å². The molecule has 32 heavy (non-hydrogen) atoms. The lowest BCUT2D eigenvalue weighted by molar-refractivity contribution is -0.128. The molecule has 0 aliphatic rings. The fourth-order valence-electron chi connectivity index (χ4n) is 3.27. The van der Waals surface area contributed by atoms with E-state index in [-0.39, 0.29) is 0 Å². The van der Waals surface area contributed by atoms with Crippen molar-refractivity contribution in [1.82, 2.24) is 10.9 Å². The Balaban J connectivity index is 1.65. The molecule has 0 heterocycles. The molecule has 0 bridgehead atoms. The Hall–Kier alpha value is -4.00. The summed E-state index contributed by atoms with van der Waals surface area (Å²) in [4.78, 5) is 25.0. The predicted molar refractivity (Wildman–Crippen MR) is 123 cm³/mol. The second kappa shape index (κ2) is 10.3. The number of hydrogen-bond acceptors (Lipinski definition) is 5. The van der Waals surface area contributed by atoms with Crippen LogP contribution in [0.4, 0.5) is 0 Å². The molecule has 3 aromatic carbocycles. The zero-order chi connectivity index (χ0) is 23.1. The maximum absolute atomic E-state index is 12.6. The first-order valence-corrected chi connectivity index (χ1v) is 10.1. The third kappa shape index (κ3) is 5.18. The smallest absolute Gasteiger partial charge is 0.279 e. The minimum atomic E-state index is -0.821. The van der Waals surface area contributed by atoms with E-state index in [1.165, 1.54) is 14.2 Å². The highest BCUT2D eigenvalue weighted by atomic mass is 16.5. The summed E-state index contributed by atoms with van der Waals surface area (Å²) in [5.41, 5.74) is 5.86. The molecule has 0 aliphatic heterocycles. The van der Waals surface area contributed by atoms with Crippen molar-refractivity contribution in [3.8, 4) is 17.2 Å². The van der Waals surface area contributed by atoms with E-state index in [1.54, 1.807) is 31.2 Å². The summed E-state index contributed by atoms with van der Waals surface area (Å²) >= 11 is 0. The van der Waals surface area contributed by atoms with E-state index in [0.29, 0.717) is 29.2 Å². The second-order valence-corrected chi connectivity index (χ2v) is 7.08. The van der Waals surface area contributed by atoms with Crippen LogP contribution in [0.2, 0.25) is 0 Å². The molecular weight excluding hydrogens is 408 g/mol. The van der Waals surface area contributed by atoms with E-state index in [1.807, 2.05) is 36.4 Å². The van der Waals surface area contributed by atoms with Crippen molar-refractivity contribution >= 4 is 22.6 Å². The summed E-state index contributed by atoms with van der Waals surface area (Å²) in [6, 6.07) is 16.7. The number of carbonyl (C=O) groups excluding carboxylic acids is 2.